The smallest absolute Gasteiger partial charge is 0.325 e. The molecule has 1 aromatic heterocycles. The van der Waals surface area contributed by atoms with Gasteiger partial charge in [0, 0.05) is 11.1 Å². The van der Waals surface area contributed by atoms with Crippen LogP contribution in [0.2, 0.25) is 0 Å². The second kappa shape index (κ2) is 10.9. The molecule has 0 spiro atoms. The molecule has 8 heteroatoms. The van der Waals surface area contributed by atoms with Crippen LogP contribution in [0.15, 0.2) is 53.1 Å². The highest BCUT2D eigenvalue weighted by atomic mass is 16.6. The van der Waals surface area contributed by atoms with Crippen LogP contribution in [0.1, 0.15) is 41.6 Å². The molecule has 0 atom stereocenters. The van der Waals surface area contributed by atoms with Crippen LogP contribution in [-0.2, 0) is 16.1 Å². The monoisotopic (exact) mass is 423 g/mol. The van der Waals surface area contributed by atoms with Crippen LogP contribution in [0.3, 0.4) is 0 Å². The van der Waals surface area contributed by atoms with Crippen molar-refractivity contribution in [3.63, 3.8) is 0 Å². The van der Waals surface area contributed by atoms with Crippen molar-refractivity contribution in [2.75, 3.05) is 13.2 Å². The summed E-state index contributed by atoms with van der Waals surface area (Å²) in [6.45, 7) is 4.23. The Hall–Kier alpha value is -3.68. The van der Waals surface area contributed by atoms with Crippen molar-refractivity contribution in [1.82, 2.24) is 15.5 Å². The van der Waals surface area contributed by atoms with E-state index >= 15 is 0 Å². The molecule has 8 nitrogen and oxygen atoms in total. The predicted octanol–water partition coefficient (Wildman–Crippen LogP) is 3.70. The van der Waals surface area contributed by atoms with Crippen LogP contribution in [0.5, 0.6) is 5.75 Å². The summed E-state index contributed by atoms with van der Waals surface area (Å²) < 4.78 is 15.8. The second-order valence-electron chi connectivity index (χ2n) is 6.90. The first kappa shape index (κ1) is 22.0. The number of aromatic nitrogens is 2. The summed E-state index contributed by atoms with van der Waals surface area (Å²) in [6, 6.07) is 14.4. The van der Waals surface area contributed by atoms with E-state index in [2.05, 4.69) is 22.4 Å². The zero-order chi connectivity index (χ0) is 22.1. The lowest BCUT2D eigenvalue weighted by atomic mass is 10.1. The van der Waals surface area contributed by atoms with Crippen molar-refractivity contribution in [1.29, 1.82) is 0 Å². The minimum absolute atomic E-state index is 0.169. The summed E-state index contributed by atoms with van der Waals surface area (Å²) in [6.07, 6.45) is 2.03. The highest BCUT2D eigenvalue weighted by molar-refractivity contribution is 5.96. The van der Waals surface area contributed by atoms with E-state index < -0.39 is 5.97 Å². The van der Waals surface area contributed by atoms with Gasteiger partial charge >= 0.3 is 5.97 Å². The van der Waals surface area contributed by atoms with E-state index in [0.29, 0.717) is 23.7 Å². The molecule has 1 heterocycles. The Balaban J connectivity index is 1.43. The van der Waals surface area contributed by atoms with Gasteiger partial charge in [0.15, 0.2) is 6.61 Å². The van der Waals surface area contributed by atoms with E-state index in [-0.39, 0.29) is 24.9 Å². The Kier molecular flexibility index (Phi) is 7.75. The maximum atomic E-state index is 12.2. The second-order valence-corrected chi connectivity index (χ2v) is 6.90. The first-order valence-corrected chi connectivity index (χ1v) is 10.1. The maximum Gasteiger partial charge on any atom is 0.325 e. The van der Waals surface area contributed by atoms with Crippen LogP contribution in [0.25, 0.3) is 11.4 Å². The van der Waals surface area contributed by atoms with E-state index in [1.54, 1.807) is 24.3 Å². The molecular weight excluding hydrogens is 398 g/mol. The molecule has 1 amide bonds. The minimum atomic E-state index is -0.608. The number of hydrogen-bond donors (Lipinski definition) is 1. The molecule has 0 saturated heterocycles. The van der Waals surface area contributed by atoms with E-state index in [0.717, 1.165) is 24.0 Å². The summed E-state index contributed by atoms with van der Waals surface area (Å²) in [4.78, 5) is 28.4. The third-order valence-electron chi connectivity index (χ3n) is 4.49. The molecule has 0 radical (unpaired) electrons. The van der Waals surface area contributed by atoms with Crippen molar-refractivity contribution in [3.8, 4) is 17.1 Å². The third kappa shape index (κ3) is 6.40. The van der Waals surface area contributed by atoms with Gasteiger partial charge < -0.3 is 19.3 Å². The van der Waals surface area contributed by atoms with Gasteiger partial charge in [0.1, 0.15) is 12.3 Å². The number of unbranched alkanes of at least 4 members (excludes halogenated alkanes) is 1. The molecule has 0 unspecified atom stereocenters. The summed E-state index contributed by atoms with van der Waals surface area (Å²) in [5, 5.41) is 6.44. The van der Waals surface area contributed by atoms with Crippen molar-refractivity contribution in [2.45, 2.75) is 33.3 Å². The predicted molar refractivity (Wildman–Crippen MR) is 113 cm³/mol. The van der Waals surface area contributed by atoms with Crippen LogP contribution >= 0.6 is 0 Å². The number of amides is 1. The highest BCUT2D eigenvalue weighted by Crippen LogP contribution is 2.20. The SMILES string of the molecule is CCCCOc1ccc(C(=O)NCC(=O)OCc2nc(-c3ccccc3C)no2)cc1. The molecule has 0 aliphatic carbocycles. The molecule has 0 aliphatic rings. The molecule has 3 rings (SSSR count). The standard InChI is InChI=1S/C23H25N3O5/c1-3-4-13-29-18-11-9-17(10-12-18)23(28)24-14-21(27)30-15-20-25-22(26-31-20)19-8-6-5-7-16(19)2/h5-12H,3-4,13-15H2,1-2H3,(H,24,28). The van der Waals surface area contributed by atoms with Crippen LogP contribution < -0.4 is 10.1 Å². The maximum absolute atomic E-state index is 12.2. The van der Waals surface area contributed by atoms with Crippen LogP contribution in [-0.4, -0.2) is 35.2 Å². The van der Waals surface area contributed by atoms with E-state index in [1.807, 2.05) is 31.2 Å². The fourth-order valence-corrected chi connectivity index (χ4v) is 2.73. The molecule has 0 bridgehead atoms. The van der Waals surface area contributed by atoms with E-state index in [4.69, 9.17) is 14.0 Å². The summed E-state index contributed by atoms with van der Waals surface area (Å²) in [5.74, 6) is 0.324. The number of benzene rings is 2. The molecule has 2 aromatic carbocycles. The lowest BCUT2D eigenvalue weighted by Crippen LogP contribution is -2.30. The van der Waals surface area contributed by atoms with Gasteiger partial charge in [-0.25, -0.2) is 0 Å². The van der Waals surface area contributed by atoms with Crippen molar-refractivity contribution >= 4 is 11.9 Å². The Morgan fingerprint density at radius 1 is 1.10 bits per heavy atom. The van der Waals surface area contributed by atoms with Gasteiger partial charge in [0.2, 0.25) is 5.82 Å². The number of carbonyl (C=O) groups excluding carboxylic acids is 2. The number of hydrogen-bond acceptors (Lipinski definition) is 7. The van der Waals surface area contributed by atoms with Crippen LogP contribution in [0, 0.1) is 6.92 Å². The average Bonchev–Trinajstić information content (AvgIpc) is 3.26. The summed E-state index contributed by atoms with van der Waals surface area (Å²) >= 11 is 0. The number of carbonyl (C=O) groups is 2. The Morgan fingerprint density at radius 2 is 1.87 bits per heavy atom. The molecule has 31 heavy (non-hydrogen) atoms. The largest absolute Gasteiger partial charge is 0.494 e. The molecular formula is C23H25N3O5. The number of nitrogens with one attached hydrogen (secondary N) is 1. The molecule has 0 aliphatic heterocycles. The number of rotatable bonds is 10. The highest BCUT2D eigenvalue weighted by Gasteiger charge is 2.13. The molecule has 0 fully saturated rings. The van der Waals surface area contributed by atoms with Gasteiger partial charge in [0.05, 0.1) is 6.61 Å². The quantitative estimate of drug-likeness (QED) is 0.392. The van der Waals surface area contributed by atoms with Gasteiger partial charge in [-0.2, -0.15) is 4.98 Å². The zero-order valence-electron chi connectivity index (χ0n) is 17.6. The van der Waals surface area contributed by atoms with Crippen molar-refractivity contribution < 1.29 is 23.6 Å². The molecule has 162 valence electrons. The topological polar surface area (TPSA) is 104 Å². The fraction of sp³-hybridized carbons (Fsp3) is 0.304. The molecule has 0 saturated carbocycles. The lowest BCUT2D eigenvalue weighted by molar-refractivity contribution is -0.144. The van der Waals surface area contributed by atoms with E-state index in [9.17, 15) is 9.59 Å². The van der Waals surface area contributed by atoms with Gasteiger partial charge in [-0.15, -0.1) is 0 Å². The molecule has 1 N–H and O–H groups in total. The zero-order valence-corrected chi connectivity index (χ0v) is 17.6. The average molecular weight is 423 g/mol. The van der Waals surface area contributed by atoms with Crippen molar-refractivity contribution in [2.24, 2.45) is 0 Å². The Bertz CT molecular complexity index is 1010. The Labute approximate surface area is 180 Å². The van der Waals surface area contributed by atoms with Gasteiger partial charge in [-0.1, -0.05) is 42.8 Å². The first-order chi connectivity index (χ1) is 15.1. The fourth-order valence-electron chi connectivity index (χ4n) is 2.73. The van der Waals surface area contributed by atoms with Gasteiger partial charge in [-0.3, -0.25) is 9.59 Å². The summed E-state index contributed by atoms with van der Waals surface area (Å²) in [5.41, 5.74) is 2.28. The van der Waals surface area contributed by atoms with Crippen molar-refractivity contribution in [3.05, 3.63) is 65.5 Å². The number of ether oxygens (including phenoxy) is 2. The Morgan fingerprint density at radius 3 is 2.61 bits per heavy atom. The van der Waals surface area contributed by atoms with Gasteiger partial charge in [-0.05, 0) is 43.2 Å². The number of nitrogens with zero attached hydrogens (tertiary/aromatic N) is 2. The van der Waals surface area contributed by atoms with Gasteiger partial charge in [0.25, 0.3) is 11.8 Å². The summed E-state index contributed by atoms with van der Waals surface area (Å²) in [7, 11) is 0. The third-order valence-corrected chi connectivity index (χ3v) is 4.49. The normalized spacial score (nSPS) is 10.5. The first-order valence-electron chi connectivity index (χ1n) is 10.1. The number of esters is 1. The van der Waals surface area contributed by atoms with Crippen LogP contribution in [0.4, 0.5) is 0 Å². The molecule has 3 aromatic rings. The lowest BCUT2D eigenvalue weighted by Gasteiger charge is -2.07. The number of aryl methyl sites for hydroxylation is 1. The minimum Gasteiger partial charge on any atom is -0.494 e. The van der Waals surface area contributed by atoms with E-state index in [1.165, 1.54) is 0 Å².